The van der Waals surface area contributed by atoms with Crippen molar-refractivity contribution in [2.24, 2.45) is 5.73 Å². The minimum atomic E-state index is -3.58. The molecular formula is C18H24ClN3O3S2. The summed E-state index contributed by atoms with van der Waals surface area (Å²) in [7, 11) is -3.58. The maximum absolute atomic E-state index is 12.6. The fourth-order valence-electron chi connectivity index (χ4n) is 3.14. The monoisotopic (exact) mass is 429 g/mol. The van der Waals surface area contributed by atoms with Crippen molar-refractivity contribution in [1.82, 2.24) is 9.62 Å². The van der Waals surface area contributed by atoms with Crippen LogP contribution in [-0.2, 0) is 16.4 Å². The highest BCUT2D eigenvalue weighted by molar-refractivity contribution is 7.89. The molecule has 1 aliphatic rings. The number of nitrogens with one attached hydrogen (secondary N) is 1. The largest absolute Gasteiger partial charge is 0.334 e. The molecule has 3 rings (SSSR count). The fourth-order valence-corrected chi connectivity index (χ4v) is 4.88. The van der Waals surface area contributed by atoms with Crippen LogP contribution in [0.15, 0.2) is 46.7 Å². The minimum Gasteiger partial charge on any atom is -0.334 e. The third-order valence-electron chi connectivity index (χ3n) is 4.57. The molecule has 2 aromatic rings. The lowest BCUT2D eigenvalue weighted by molar-refractivity contribution is 0.0741. The Bertz CT molecular complexity index is 839. The molecule has 148 valence electrons. The third-order valence-corrected chi connectivity index (χ3v) is 6.98. The summed E-state index contributed by atoms with van der Waals surface area (Å²) in [6, 6.07) is 10.1. The second-order valence-corrected chi connectivity index (χ2v) is 9.08. The molecule has 0 spiro atoms. The highest BCUT2D eigenvalue weighted by Gasteiger charge is 2.28. The summed E-state index contributed by atoms with van der Waals surface area (Å²) in [4.78, 5) is 15.7. The van der Waals surface area contributed by atoms with Crippen LogP contribution in [0.1, 0.15) is 28.1 Å². The molecule has 6 nitrogen and oxygen atoms in total. The first kappa shape index (κ1) is 21.8. The number of halogens is 1. The number of thiophene rings is 1. The van der Waals surface area contributed by atoms with E-state index in [-0.39, 0.29) is 29.3 Å². The van der Waals surface area contributed by atoms with Crippen molar-refractivity contribution in [3.8, 4) is 0 Å². The van der Waals surface area contributed by atoms with Gasteiger partial charge in [-0.3, -0.25) is 4.79 Å². The van der Waals surface area contributed by atoms with Crippen molar-refractivity contribution in [3.63, 3.8) is 0 Å². The predicted octanol–water partition coefficient (Wildman–Crippen LogP) is 2.25. The molecule has 0 radical (unpaired) electrons. The molecule has 0 bridgehead atoms. The van der Waals surface area contributed by atoms with Gasteiger partial charge in [0.1, 0.15) is 0 Å². The summed E-state index contributed by atoms with van der Waals surface area (Å²) in [6.45, 7) is 1.49. The van der Waals surface area contributed by atoms with E-state index in [1.54, 1.807) is 28.4 Å². The Balaban J connectivity index is 0.00000261. The van der Waals surface area contributed by atoms with Gasteiger partial charge < -0.3 is 10.6 Å². The fraction of sp³-hybridized carbons (Fsp3) is 0.389. The highest BCUT2D eigenvalue weighted by atomic mass is 35.5. The van der Waals surface area contributed by atoms with Crippen LogP contribution >= 0.6 is 23.7 Å². The Morgan fingerprint density at radius 3 is 2.63 bits per heavy atom. The molecule has 1 atom stereocenters. The first-order chi connectivity index (χ1) is 12.5. The van der Waals surface area contributed by atoms with Gasteiger partial charge in [-0.25, -0.2) is 13.1 Å². The molecule has 0 saturated carbocycles. The van der Waals surface area contributed by atoms with Crippen LogP contribution in [0.25, 0.3) is 0 Å². The van der Waals surface area contributed by atoms with Crippen molar-refractivity contribution in [2.45, 2.75) is 30.2 Å². The zero-order valence-electron chi connectivity index (χ0n) is 14.8. The number of amides is 1. The van der Waals surface area contributed by atoms with E-state index < -0.39 is 10.0 Å². The number of nitrogens with zero attached hydrogens (tertiary/aromatic N) is 1. The Labute approximate surface area is 170 Å². The Morgan fingerprint density at radius 1 is 1.26 bits per heavy atom. The van der Waals surface area contributed by atoms with Crippen molar-refractivity contribution < 1.29 is 13.2 Å². The van der Waals surface area contributed by atoms with Gasteiger partial charge in [0.25, 0.3) is 5.91 Å². The van der Waals surface area contributed by atoms with Crippen LogP contribution in [-0.4, -0.2) is 44.9 Å². The molecule has 1 fully saturated rings. The van der Waals surface area contributed by atoms with Gasteiger partial charge in [0.2, 0.25) is 10.0 Å². The van der Waals surface area contributed by atoms with Gasteiger partial charge in [0, 0.05) is 36.1 Å². The van der Waals surface area contributed by atoms with Crippen molar-refractivity contribution in [3.05, 3.63) is 52.2 Å². The van der Waals surface area contributed by atoms with Gasteiger partial charge in [-0.2, -0.15) is 0 Å². The SMILES string of the molecule is Cl.NCC1CCCN1C(=O)c1ccc(S(=O)(=O)NCCc2cccs2)cc1. The van der Waals surface area contributed by atoms with Crippen molar-refractivity contribution in [1.29, 1.82) is 0 Å². The van der Waals surface area contributed by atoms with Crippen LogP contribution in [0, 0.1) is 0 Å². The Morgan fingerprint density at radius 2 is 2.00 bits per heavy atom. The number of carbonyl (C=O) groups excluding carboxylic acids is 1. The molecule has 0 aliphatic carbocycles. The second-order valence-electron chi connectivity index (χ2n) is 6.28. The number of hydrogen-bond donors (Lipinski definition) is 2. The van der Waals surface area contributed by atoms with Gasteiger partial charge in [-0.15, -0.1) is 23.7 Å². The van der Waals surface area contributed by atoms with E-state index in [0.717, 1.165) is 17.7 Å². The predicted molar refractivity (Wildman–Crippen MR) is 110 cm³/mol. The summed E-state index contributed by atoms with van der Waals surface area (Å²) >= 11 is 1.60. The first-order valence-electron chi connectivity index (χ1n) is 8.64. The summed E-state index contributed by atoms with van der Waals surface area (Å²) < 4.78 is 27.4. The molecule has 3 N–H and O–H groups in total. The zero-order chi connectivity index (χ0) is 18.6. The van der Waals surface area contributed by atoms with Gasteiger partial charge in [0.15, 0.2) is 0 Å². The van der Waals surface area contributed by atoms with E-state index in [1.165, 1.54) is 12.1 Å². The maximum atomic E-state index is 12.6. The Hall–Kier alpha value is -1.45. The van der Waals surface area contributed by atoms with Gasteiger partial charge >= 0.3 is 0 Å². The van der Waals surface area contributed by atoms with Crippen molar-refractivity contribution >= 4 is 39.7 Å². The van der Waals surface area contributed by atoms with Gasteiger partial charge in [0.05, 0.1) is 4.90 Å². The minimum absolute atomic E-state index is 0. The van der Waals surface area contributed by atoms with Crippen LogP contribution in [0.4, 0.5) is 0 Å². The molecule has 9 heteroatoms. The average molecular weight is 430 g/mol. The van der Waals surface area contributed by atoms with Gasteiger partial charge in [-0.1, -0.05) is 6.07 Å². The van der Waals surface area contributed by atoms with E-state index in [9.17, 15) is 13.2 Å². The number of nitrogens with two attached hydrogens (primary N) is 1. The van der Waals surface area contributed by atoms with E-state index in [1.807, 2.05) is 17.5 Å². The molecule has 1 aromatic carbocycles. The average Bonchev–Trinajstić information content (AvgIpc) is 3.32. The van der Waals surface area contributed by atoms with Gasteiger partial charge in [-0.05, 0) is 55.0 Å². The third kappa shape index (κ3) is 5.30. The molecule has 1 aromatic heterocycles. The summed E-state index contributed by atoms with van der Waals surface area (Å²) in [5, 5.41) is 1.97. The Kier molecular flexibility index (Phi) is 7.81. The number of carbonyl (C=O) groups is 1. The molecule has 1 amide bonds. The second kappa shape index (κ2) is 9.66. The summed E-state index contributed by atoms with van der Waals surface area (Å²) in [5.74, 6) is -0.0902. The lowest BCUT2D eigenvalue weighted by Gasteiger charge is -2.23. The first-order valence-corrected chi connectivity index (χ1v) is 11.0. The quantitative estimate of drug-likeness (QED) is 0.706. The molecule has 27 heavy (non-hydrogen) atoms. The molecule has 1 saturated heterocycles. The van der Waals surface area contributed by atoms with Crippen LogP contribution in [0.3, 0.4) is 0 Å². The summed E-state index contributed by atoms with van der Waals surface area (Å²) in [6.07, 6.45) is 2.53. The van der Waals surface area contributed by atoms with Crippen molar-refractivity contribution in [2.75, 3.05) is 19.6 Å². The molecule has 2 heterocycles. The molecule has 1 unspecified atom stereocenters. The molecule has 1 aliphatic heterocycles. The van der Waals surface area contributed by atoms with E-state index in [0.29, 0.717) is 31.6 Å². The van der Waals surface area contributed by atoms with E-state index >= 15 is 0 Å². The zero-order valence-corrected chi connectivity index (χ0v) is 17.3. The normalized spacial score (nSPS) is 16.9. The van der Waals surface area contributed by atoms with Crippen LogP contribution < -0.4 is 10.5 Å². The highest BCUT2D eigenvalue weighted by Crippen LogP contribution is 2.20. The van der Waals surface area contributed by atoms with Crippen LogP contribution in [0.2, 0.25) is 0 Å². The standard InChI is InChI=1S/C18H23N3O3S2.ClH/c19-13-15-3-1-11-21(15)18(22)14-5-7-17(8-6-14)26(23,24)20-10-9-16-4-2-12-25-16;/h2,4-8,12,15,20H,1,3,9-11,13,19H2;1H. The number of likely N-dealkylation sites (tertiary alicyclic amines) is 1. The van der Waals surface area contributed by atoms with E-state index in [4.69, 9.17) is 5.73 Å². The number of benzene rings is 1. The summed E-state index contributed by atoms with van der Waals surface area (Å²) in [5.41, 5.74) is 6.21. The van der Waals surface area contributed by atoms with E-state index in [2.05, 4.69) is 4.72 Å². The number of rotatable bonds is 7. The lowest BCUT2D eigenvalue weighted by atomic mass is 10.1. The smallest absolute Gasteiger partial charge is 0.254 e. The molecular weight excluding hydrogens is 406 g/mol. The van der Waals surface area contributed by atoms with Crippen LogP contribution in [0.5, 0.6) is 0 Å². The topological polar surface area (TPSA) is 92.5 Å². The lowest BCUT2D eigenvalue weighted by Crippen LogP contribution is -2.39. The number of sulfonamides is 1. The number of hydrogen-bond acceptors (Lipinski definition) is 5. The maximum Gasteiger partial charge on any atom is 0.254 e.